The number of nitrogens with zero attached hydrogens (tertiary/aromatic N) is 6. The number of sulfonamides is 2. The summed E-state index contributed by atoms with van der Waals surface area (Å²) < 4.78 is 80.9. The van der Waals surface area contributed by atoms with E-state index in [4.69, 9.17) is 36.1 Å². The third kappa shape index (κ3) is 14.2. The lowest BCUT2D eigenvalue weighted by atomic mass is 10.0. The number of rotatable bonds is 14. The van der Waals surface area contributed by atoms with Crippen molar-refractivity contribution in [3.05, 3.63) is 71.0 Å². The molecule has 0 saturated carbocycles. The van der Waals surface area contributed by atoms with E-state index in [9.17, 15) is 30.6 Å². The van der Waals surface area contributed by atoms with Gasteiger partial charge in [0.2, 0.25) is 42.7 Å². The first kappa shape index (κ1) is 53.8. The van der Waals surface area contributed by atoms with Gasteiger partial charge in [-0.1, -0.05) is 26.5 Å². The molecule has 7 N–H and O–H groups in total. The van der Waals surface area contributed by atoms with Gasteiger partial charge in [-0.25, -0.2) is 40.4 Å². The van der Waals surface area contributed by atoms with Crippen LogP contribution in [0.1, 0.15) is 71.9 Å². The van der Waals surface area contributed by atoms with Crippen LogP contribution in [0.25, 0.3) is 0 Å². The monoisotopic (exact) mass is 964 g/mol. The van der Waals surface area contributed by atoms with Gasteiger partial charge in [0.05, 0.1) is 62.9 Å². The number of carbonyl (C=O) groups is 2. The Labute approximate surface area is 383 Å². The molecular weight excluding hydrogens is 905 g/mol. The molecule has 0 spiro atoms. The second kappa shape index (κ2) is 24.1. The van der Waals surface area contributed by atoms with E-state index in [2.05, 4.69) is 25.3 Å². The molecule has 2 saturated heterocycles. The molecular formula is C41H60N10O11S3. The highest BCUT2D eigenvalue weighted by atomic mass is 32.2. The van der Waals surface area contributed by atoms with Crippen LogP contribution in [-0.4, -0.2) is 146 Å². The largest absolute Gasteiger partial charge is 0.496 e. The average molecular weight is 965 g/mol. The number of carbonyl (C=O) groups excluding carboxylic acids is 2. The van der Waals surface area contributed by atoms with Gasteiger partial charge in [0.25, 0.3) is 0 Å². The lowest BCUT2D eigenvalue weighted by Gasteiger charge is -2.30. The van der Waals surface area contributed by atoms with Crippen molar-refractivity contribution in [2.24, 2.45) is 5.73 Å². The number of nitrogens with one attached hydrogen (secondary N) is 1. The molecule has 1 unspecified atom stereocenters. The number of methoxy groups -OCH3 is 4. The number of ether oxygens (including phenoxy) is 4. The summed E-state index contributed by atoms with van der Waals surface area (Å²) in [7, 11) is -1.65. The number of anilines is 3. The Morgan fingerprint density at radius 1 is 0.708 bits per heavy atom. The van der Waals surface area contributed by atoms with Crippen LogP contribution in [0.15, 0.2) is 53.9 Å². The van der Waals surface area contributed by atoms with E-state index in [1.807, 2.05) is 0 Å². The second-order valence-electron chi connectivity index (χ2n) is 14.4. The summed E-state index contributed by atoms with van der Waals surface area (Å²) in [5.74, 6) is 1.25. The number of nitrogen functional groups attached to an aromatic ring is 2. The first-order valence-electron chi connectivity index (χ1n) is 19.8. The molecule has 2 aromatic heterocycles. The highest BCUT2D eigenvalue weighted by molar-refractivity contribution is 7.88. The van der Waals surface area contributed by atoms with Crippen LogP contribution in [-0.2, 0) is 30.8 Å². The van der Waals surface area contributed by atoms with Gasteiger partial charge >= 0.3 is 0 Å². The van der Waals surface area contributed by atoms with Gasteiger partial charge in [0, 0.05) is 56.4 Å². The number of piperidine rings is 2. The number of benzene rings is 2. The second-order valence-corrected chi connectivity index (χ2v) is 20.0. The van der Waals surface area contributed by atoms with Crippen LogP contribution in [0.3, 0.4) is 0 Å². The van der Waals surface area contributed by atoms with E-state index in [1.54, 1.807) is 43.3 Å². The Hall–Kier alpha value is -5.53. The third-order valence-corrected chi connectivity index (χ3v) is 13.8. The molecule has 0 amide bonds. The Balaban J connectivity index is 0.000000283. The Morgan fingerprint density at radius 3 is 1.45 bits per heavy atom. The van der Waals surface area contributed by atoms with Crippen molar-refractivity contribution in [1.29, 1.82) is 0 Å². The van der Waals surface area contributed by atoms with Crippen LogP contribution < -0.4 is 41.5 Å². The topological polar surface area (TPSA) is 305 Å². The standard InChI is InChI=1S/C19H25N5O5S.C15H17N3O4S.C6H14N2O2S.CH4/c1-28-14-5-4-6-15(29-2)16(14)17(25)13-11-21-19(23-18(13)20)22-12-7-9-24(10-8-12)30(3,26)27;1-4-23(20)15-17-8-9(14(16)18-15)13(19)12-10(21-2)6-5-7-11(12)22-3;1-11(9,10)8-4-2-6(7)3-5-8;/h4-6,11-12H,7-10H2,1-3H3,(H3,20,21,22,23);5-8H,4H2,1-3H3,(H2,16,17,18);6H,2-5,7H2,1H3;1H4. The van der Waals surface area contributed by atoms with E-state index in [0.717, 1.165) is 12.8 Å². The lowest BCUT2D eigenvalue weighted by molar-refractivity contribution is 0.102. The molecule has 65 heavy (non-hydrogen) atoms. The summed E-state index contributed by atoms with van der Waals surface area (Å²) in [6.07, 6.45) is 7.90. The first-order valence-corrected chi connectivity index (χ1v) is 24.9. The number of hydrogen-bond donors (Lipinski definition) is 4. The molecule has 24 heteroatoms. The molecule has 0 aliphatic carbocycles. The SMILES string of the molecule is C.CCS(=O)c1ncc(C(=O)c2c(OC)cccc2OC)c(N)n1.COc1cccc(OC)c1C(=O)c1cnc(NC2CCN(S(C)(=O)=O)CC2)nc1N.CS(=O)(=O)N1CCC(N)CC1. The predicted molar refractivity (Wildman–Crippen MR) is 249 cm³/mol. The Morgan fingerprint density at radius 2 is 1.09 bits per heavy atom. The van der Waals surface area contributed by atoms with E-state index in [0.29, 0.717) is 67.8 Å². The average Bonchev–Trinajstić information content (AvgIpc) is 3.27. The molecule has 0 radical (unpaired) electrons. The lowest BCUT2D eigenvalue weighted by Crippen LogP contribution is -2.42. The number of ketones is 2. The molecule has 4 aromatic rings. The molecule has 358 valence electrons. The van der Waals surface area contributed by atoms with Gasteiger partial charge in [-0.05, 0) is 49.9 Å². The van der Waals surface area contributed by atoms with Crippen molar-refractivity contribution >= 4 is 60.0 Å². The summed E-state index contributed by atoms with van der Waals surface area (Å²) in [5.41, 5.74) is 18.2. The molecule has 2 aliphatic heterocycles. The van der Waals surface area contributed by atoms with Gasteiger partial charge < -0.3 is 41.5 Å². The number of nitrogens with two attached hydrogens (primary N) is 3. The smallest absolute Gasteiger partial charge is 0.224 e. The molecule has 4 heterocycles. The normalized spacial score (nSPS) is 15.4. The number of aromatic nitrogens is 4. The van der Waals surface area contributed by atoms with Gasteiger partial charge in [-0.2, -0.15) is 4.98 Å². The van der Waals surface area contributed by atoms with Gasteiger partial charge in [-0.3, -0.25) is 13.8 Å². The first-order chi connectivity index (χ1) is 30.3. The molecule has 2 aliphatic rings. The fourth-order valence-electron chi connectivity index (χ4n) is 6.57. The maximum absolute atomic E-state index is 13.1. The summed E-state index contributed by atoms with van der Waals surface area (Å²) >= 11 is 0. The number of hydrogen-bond acceptors (Lipinski definition) is 19. The molecule has 1 atom stereocenters. The van der Waals surface area contributed by atoms with Crippen molar-refractivity contribution < 1.29 is 49.6 Å². The summed E-state index contributed by atoms with van der Waals surface area (Å²) in [4.78, 5) is 42.2. The predicted octanol–water partition coefficient (Wildman–Crippen LogP) is 2.58. The minimum absolute atomic E-state index is 0. The molecule has 6 rings (SSSR count). The minimum atomic E-state index is -3.19. The van der Waals surface area contributed by atoms with Crippen molar-refractivity contribution in [3.8, 4) is 23.0 Å². The summed E-state index contributed by atoms with van der Waals surface area (Å²) in [5, 5.41) is 3.27. The zero-order chi connectivity index (χ0) is 47.4. The van der Waals surface area contributed by atoms with Crippen LogP contribution >= 0.6 is 0 Å². The maximum atomic E-state index is 13.1. The van der Waals surface area contributed by atoms with Gasteiger partial charge in [0.15, 0.2) is 0 Å². The molecule has 2 fully saturated rings. The van der Waals surface area contributed by atoms with Crippen molar-refractivity contribution in [2.75, 3.05) is 89.7 Å². The minimum Gasteiger partial charge on any atom is -0.496 e. The van der Waals surface area contributed by atoms with E-state index in [1.165, 1.54) is 62.0 Å². The Bertz CT molecular complexity index is 2470. The highest BCUT2D eigenvalue weighted by Crippen LogP contribution is 2.33. The fourth-order valence-corrected chi connectivity index (χ4v) is 8.95. The maximum Gasteiger partial charge on any atom is 0.224 e. The van der Waals surface area contributed by atoms with Crippen LogP contribution in [0, 0.1) is 0 Å². The third-order valence-electron chi connectivity index (χ3n) is 10.1. The summed E-state index contributed by atoms with van der Waals surface area (Å²) in [6.45, 7) is 3.76. The fraction of sp³-hybridized carbons (Fsp3) is 0.463. The zero-order valence-electron chi connectivity index (χ0n) is 36.8. The molecule has 2 aromatic carbocycles. The Kier molecular flexibility index (Phi) is 20.0. The van der Waals surface area contributed by atoms with E-state index in [-0.39, 0.29) is 64.5 Å². The van der Waals surface area contributed by atoms with E-state index < -0.39 is 42.4 Å². The van der Waals surface area contributed by atoms with Crippen molar-refractivity contribution in [2.45, 2.75) is 57.3 Å². The summed E-state index contributed by atoms with van der Waals surface area (Å²) in [6, 6.07) is 10.2. The van der Waals surface area contributed by atoms with Gasteiger partial charge in [-0.15, -0.1) is 0 Å². The van der Waals surface area contributed by atoms with Crippen LogP contribution in [0.2, 0.25) is 0 Å². The van der Waals surface area contributed by atoms with E-state index >= 15 is 0 Å². The van der Waals surface area contributed by atoms with Crippen LogP contribution in [0.5, 0.6) is 23.0 Å². The van der Waals surface area contributed by atoms with Crippen LogP contribution in [0.4, 0.5) is 17.6 Å². The van der Waals surface area contributed by atoms with Crippen molar-refractivity contribution in [1.82, 2.24) is 28.5 Å². The molecule has 21 nitrogen and oxygen atoms in total. The van der Waals surface area contributed by atoms with Gasteiger partial charge in [0.1, 0.15) is 45.8 Å². The molecule has 0 bridgehead atoms. The zero-order valence-corrected chi connectivity index (χ0v) is 39.2. The highest BCUT2D eigenvalue weighted by Gasteiger charge is 2.28. The quantitative estimate of drug-likeness (QED) is 0.104. The van der Waals surface area contributed by atoms with Crippen molar-refractivity contribution in [3.63, 3.8) is 0 Å².